The number of aliphatic hydroxyl groups is 1. The minimum absolute atomic E-state index is 0.0344. The summed E-state index contributed by atoms with van der Waals surface area (Å²) in [5.74, 6) is 0.0611. The summed E-state index contributed by atoms with van der Waals surface area (Å²) in [6, 6.07) is 2.79. The Bertz CT molecular complexity index is 370. The van der Waals surface area contributed by atoms with Gasteiger partial charge in [-0.3, -0.25) is 0 Å². The quantitative estimate of drug-likeness (QED) is 0.758. The molecule has 2 rings (SSSR count). The van der Waals surface area contributed by atoms with Crippen molar-refractivity contribution in [3.8, 4) is 5.75 Å². The fraction of sp³-hybridized carbons (Fsp3) is 0.400. The van der Waals surface area contributed by atoms with Crippen molar-refractivity contribution in [3.05, 3.63) is 29.1 Å². The zero-order chi connectivity index (χ0) is 10.8. The van der Waals surface area contributed by atoms with Crippen LogP contribution in [0.5, 0.6) is 5.75 Å². The van der Waals surface area contributed by atoms with Crippen LogP contribution >= 0.6 is 0 Å². The molecule has 0 saturated heterocycles. The first-order chi connectivity index (χ1) is 7.24. The van der Waals surface area contributed by atoms with Crippen LogP contribution in [0.4, 0.5) is 4.39 Å². The van der Waals surface area contributed by atoms with Gasteiger partial charge in [-0.2, -0.15) is 0 Å². The summed E-state index contributed by atoms with van der Waals surface area (Å²) in [5.41, 5.74) is 6.02. The van der Waals surface area contributed by atoms with E-state index in [2.05, 4.69) is 0 Å². The van der Waals surface area contributed by atoms with Gasteiger partial charge in [0.1, 0.15) is 11.6 Å². The Labute approximate surface area is 86.4 Å². The molecule has 1 unspecified atom stereocenters. The van der Waals surface area contributed by atoms with E-state index < -0.39 is 11.9 Å². The molecular weight excluding hydrogens is 201 g/mol. The lowest BCUT2D eigenvalue weighted by atomic mass is 10.0. The van der Waals surface area contributed by atoms with Crippen LogP contribution in [-0.4, -0.2) is 18.4 Å². The standard InChI is InChI=1S/C10H12FNO3/c11-7-1-2-9-6(4-14-5-15-9)10(7)8(13)3-12/h1-2,8,13H,3-5,12H2. The van der Waals surface area contributed by atoms with Gasteiger partial charge in [0.15, 0.2) is 6.79 Å². The second-order valence-corrected chi connectivity index (χ2v) is 3.30. The first kappa shape index (κ1) is 10.4. The van der Waals surface area contributed by atoms with Crippen molar-refractivity contribution in [1.29, 1.82) is 0 Å². The summed E-state index contributed by atoms with van der Waals surface area (Å²) in [5, 5.41) is 9.59. The molecule has 0 fully saturated rings. The summed E-state index contributed by atoms with van der Waals surface area (Å²) in [7, 11) is 0. The predicted octanol–water partition coefficient (Wildman–Crippen LogP) is 0.684. The van der Waals surface area contributed by atoms with E-state index in [1.54, 1.807) is 0 Å². The molecule has 0 bridgehead atoms. The Hall–Kier alpha value is -1.17. The van der Waals surface area contributed by atoms with Gasteiger partial charge in [-0.25, -0.2) is 4.39 Å². The van der Waals surface area contributed by atoms with Crippen LogP contribution in [0.2, 0.25) is 0 Å². The molecule has 0 amide bonds. The van der Waals surface area contributed by atoms with Crippen LogP contribution < -0.4 is 10.5 Å². The highest BCUT2D eigenvalue weighted by atomic mass is 19.1. The molecule has 15 heavy (non-hydrogen) atoms. The summed E-state index contributed by atoms with van der Waals surface area (Å²) in [6.07, 6.45) is -1.02. The molecule has 5 heteroatoms. The van der Waals surface area contributed by atoms with Crippen LogP contribution in [-0.2, 0) is 11.3 Å². The molecule has 1 heterocycles. The molecule has 1 aromatic rings. The smallest absolute Gasteiger partial charge is 0.189 e. The molecule has 0 saturated carbocycles. The van der Waals surface area contributed by atoms with Gasteiger partial charge < -0.3 is 20.3 Å². The van der Waals surface area contributed by atoms with E-state index in [1.807, 2.05) is 0 Å². The van der Waals surface area contributed by atoms with E-state index >= 15 is 0 Å². The zero-order valence-electron chi connectivity index (χ0n) is 8.07. The van der Waals surface area contributed by atoms with E-state index in [0.717, 1.165) is 0 Å². The molecule has 3 N–H and O–H groups in total. The van der Waals surface area contributed by atoms with Crippen LogP contribution in [0.1, 0.15) is 17.2 Å². The minimum Gasteiger partial charge on any atom is -0.467 e. The fourth-order valence-electron chi connectivity index (χ4n) is 1.63. The van der Waals surface area contributed by atoms with E-state index in [9.17, 15) is 9.50 Å². The maximum absolute atomic E-state index is 13.5. The molecule has 0 aliphatic carbocycles. The number of nitrogens with two attached hydrogens (primary N) is 1. The van der Waals surface area contributed by atoms with E-state index in [-0.39, 0.29) is 25.5 Å². The summed E-state index contributed by atoms with van der Waals surface area (Å²) < 4.78 is 23.7. The molecule has 1 aliphatic heterocycles. The number of rotatable bonds is 2. The zero-order valence-corrected chi connectivity index (χ0v) is 8.07. The maximum atomic E-state index is 13.5. The van der Waals surface area contributed by atoms with Crippen molar-refractivity contribution in [2.24, 2.45) is 5.73 Å². The monoisotopic (exact) mass is 213 g/mol. The largest absolute Gasteiger partial charge is 0.467 e. The average molecular weight is 213 g/mol. The number of fused-ring (bicyclic) bond motifs is 1. The number of hydrogen-bond acceptors (Lipinski definition) is 4. The highest BCUT2D eigenvalue weighted by Crippen LogP contribution is 2.32. The first-order valence-electron chi connectivity index (χ1n) is 4.64. The Morgan fingerprint density at radius 2 is 2.33 bits per heavy atom. The first-order valence-corrected chi connectivity index (χ1v) is 4.64. The van der Waals surface area contributed by atoms with Crippen molar-refractivity contribution in [1.82, 2.24) is 0 Å². The molecule has 4 nitrogen and oxygen atoms in total. The van der Waals surface area contributed by atoms with Gasteiger partial charge in [-0.15, -0.1) is 0 Å². The summed E-state index contributed by atoms with van der Waals surface area (Å²) in [6.45, 7) is 0.351. The minimum atomic E-state index is -1.02. The van der Waals surface area contributed by atoms with Crippen molar-refractivity contribution in [3.63, 3.8) is 0 Å². The molecule has 1 aromatic carbocycles. The lowest BCUT2D eigenvalue weighted by Crippen LogP contribution is -2.19. The van der Waals surface area contributed by atoms with Crippen molar-refractivity contribution < 1.29 is 19.0 Å². The molecule has 0 aromatic heterocycles. The Morgan fingerprint density at radius 1 is 1.53 bits per heavy atom. The topological polar surface area (TPSA) is 64.7 Å². The van der Waals surface area contributed by atoms with E-state index in [4.69, 9.17) is 15.2 Å². The molecule has 1 aliphatic rings. The fourth-order valence-corrected chi connectivity index (χ4v) is 1.63. The Balaban J connectivity index is 2.50. The van der Waals surface area contributed by atoms with Crippen LogP contribution in [0.3, 0.4) is 0 Å². The molecule has 82 valence electrons. The SMILES string of the molecule is NCC(O)c1c(F)ccc2c1COCO2. The lowest BCUT2D eigenvalue weighted by molar-refractivity contribution is -0.0183. The van der Waals surface area contributed by atoms with Crippen LogP contribution in [0, 0.1) is 5.82 Å². The number of aliphatic hydroxyl groups excluding tert-OH is 1. The van der Waals surface area contributed by atoms with Crippen LogP contribution in [0.15, 0.2) is 12.1 Å². The summed E-state index contributed by atoms with van der Waals surface area (Å²) >= 11 is 0. The van der Waals surface area contributed by atoms with Gasteiger partial charge in [0.05, 0.1) is 12.7 Å². The Morgan fingerprint density at radius 3 is 3.07 bits per heavy atom. The van der Waals surface area contributed by atoms with Crippen molar-refractivity contribution in [2.75, 3.05) is 13.3 Å². The maximum Gasteiger partial charge on any atom is 0.189 e. The molecular formula is C10H12FNO3. The van der Waals surface area contributed by atoms with Gasteiger partial charge in [-0.05, 0) is 12.1 Å². The second-order valence-electron chi connectivity index (χ2n) is 3.30. The van der Waals surface area contributed by atoms with E-state index in [1.165, 1.54) is 12.1 Å². The van der Waals surface area contributed by atoms with Gasteiger partial charge in [0.2, 0.25) is 0 Å². The Kier molecular flexibility index (Phi) is 2.86. The summed E-state index contributed by atoms with van der Waals surface area (Å²) in [4.78, 5) is 0. The molecule has 0 radical (unpaired) electrons. The number of ether oxygens (including phenoxy) is 2. The third kappa shape index (κ3) is 1.81. The normalized spacial score (nSPS) is 16.7. The highest BCUT2D eigenvalue weighted by Gasteiger charge is 2.22. The number of hydrogen-bond donors (Lipinski definition) is 2. The lowest BCUT2D eigenvalue weighted by Gasteiger charge is -2.22. The number of benzene rings is 1. The van der Waals surface area contributed by atoms with Gasteiger partial charge in [-0.1, -0.05) is 0 Å². The highest BCUT2D eigenvalue weighted by molar-refractivity contribution is 5.42. The van der Waals surface area contributed by atoms with E-state index in [0.29, 0.717) is 11.3 Å². The second kappa shape index (κ2) is 4.14. The van der Waals surface area contributed by atoms with Gasteiger partial charge in [0.25, 0.3) is 0 Å². The molecule has 1 atom stereocenters. The predicted molar refractivity (Wildman–Crippen MR) is 50.7 cm³/mol. The van der Waals surface area contributed by atoms with Crippen molar-refractivity contribution >= 4 is 0 Å². The van der Waals surface area contributed by atoms with Gasteiger partial charge in [0, 0.05) is 17.7 Å². The number of halogens is 1. The van der Waals surface area contributed by atoms with Gasteiger partial charge >= 0.3 is 0 Å². The third-order valence-electron chi connectivity index (χ3n) is 2.36. The third-order valence-corrected chi connectivity index (χ3v) is 2.36. The van der Waals surface area contributed by atoms with Crippen molar-refractivity contribution in [2.45, 2.75) is 12.7 Å². The average Bonchev–Trinajstić information content (AvgIpc) is 2.28. The van der Waals surface area contributed by atoms with Crippen LogP contribution in [0.25, 0.3) is 0 Å². The molecule has 0 spiro atoms.